The maximum atomic E-state index is 5.46. The van der Waals surface area contributed by atoms with Gasteiger partial charge in [-0.1, -0.05) is 0 Å². The van der Waals surface area contributed by atoms with Gasteiger partial charge in [0.05, 0.1) is 18.5 Å². The Labute approximate surface area is 150 Å². The lowest BCUT2D eigenvalue weighted by atomic mass is 10.1. The van der Waals surface area contributed by atoms with Crippen molar-refractivity contribution in [3.8, 4) is 39.8 Å². The van der Waals surface area contributed by atoms with Crippen LogP contribution in [-0.2, 0) is 7.05 Å². The lowest BCUT2D eigenvalue weighted by molar-refractivity contribution is 0.174. The van der Waals surface area contributed by atoms with Gasteiger partial charge in [-0.25, -0.2) is 4.98 Å². The fourth-order valence-corrected chi connectivity index (χ4v) is 3.28. The van der Waals surface area contributed by atoms with Gasteiger partial charge in [-0.05, 0) is 48.0 Å². The van der Waals surface area contributed by atoms with Crippen molar-refractivity contribution < 1.29 is 14.2 Å². The molecule has 4 aromatic rings. The van der Waals surface area contributed by atoms with Crippen LogP contribution in [0.2, 0.25) is 0 Å². The average Bonchev–Trinajstić information content (AvgIpc) is 3.37. The minimum Gasteiger partial charge on any atom is -0.497 e. The largest absolute Gasteiger partial charge is 0.497 e. The van der Waals surface area contributed by atoms with Gasteiger partial charge in [0.1, 0.15) is 5.75 Å². The molecule has 26 heavy (non-hydrogen) atoms. The number of benzene rings is 2. The third kappa shape index (κ3) is 2.23. The Morgan fingerprint density at radius 2 is 1.73 bits per heavy atom. The zero-order valence-corrected chi connectivity index (χ0v) is 14.5. The number of imidazole rings is 2. The molecule has 0 fully saturated rings. The standard InChI is InChI=1S/C20H17N3O3/c1-22-17(13-3-6-15(24-2)7-4-13)11-23-10-16(21-20(22)23)14-5-8-18-19(9-14)26-12-25-18/h3-11H,12H2,1-2H3. The minimum absolute atomic E-state index is 0.273. The van der Waals surface area contributed by atoms with Gasteiger partial charge in [0.15, 0.2) is 11.5 Å². The topological polar surface area (TPSA) is 49.9 Å². The zero-order chi connectivity index (χ0) is 17.7. The van der Waals surface area contributed by atoms with Gasteiger partial charge < -0.3 is 18.8 Å². The molecule has 1 aliphatic rings. The van der Waals surface area contributed by atoms with E-state index in [1.807, 2.05) is 60.1 Å². The Morgan fingerprint density at radius 3 is 2.50 bits per heavy atom. The first-order valence-electron chi connectivity index (χ1n) is 8.32. The summed E-state index contributed by atoms with van der Waals surface area (Å²) in [7, 11) is 3.69. The maximum absolute atomic E-state index is 5.46. The van der Waals surface area contributed by atoms with Crippen LogP contribution < -0.4 is 14.2 Å². The summed E-state index contributed by atoms with van der Waals surface area (Å²) in [6.45, 7) is 0.273. The number of fused-ring (bicyclic) bond motifs is 2. The molecule has 0 radical (unpaired) electrons. The molecule has 1 aliphatic heterocycles. The molecular formula is C20H17N3O3. The number of rotatable bonds is 3. The van der Waals surface area contributed by atoms with Gasteiger partial charge in [-0.3, -0.25) is 4.40 Å². The van der Waals surface area contributed by atoms with Gasteiger partial charge in [0.25, 0.3) is 0 Å². The summed E-state index contributed by atoms with van der Waals surface area (Å²) in [4.78, 5) is 4.79. The molecule has 0 aliphatic carbocycles. The Bertz CT molecular complexity index is 1110. The number of hydrogen-bond acceptors (Lipinski definition) is 4. The van der Waals surface area contributed by atoms with E-state index in [9.17, 15) is 0 Å². The lowest BCUT2D eigenvalue weighted by Gasteiger charge is -2.04. The molecule has 5 rings (SSSR count). The summed E-state index contributed by atoms with van der Waals surface area (Å²) >= 11 is 0. The fourth-order valence-electron chi connectivity index (χ4n) is 3.28. The number of ether oxygens (including phenoxy) is 3. The monoisotopic (exact) mass is 347 g/mol. The van der Waals surface area contributed by atoms with Crippen molar-refractivity contribution in [2.45, 2.75) is 0 Å². The molecule has 0 amide bonds. The molecular weight excluding hydrogens is 330 g/mol. The van der Waals surface area contributed by atoms with Gasteiger partial charge >= 0.3 is 0 Å². The van der Waals surface area contributed by atoms with Crippen LogP contribution in [0.5, 0.6) is 17.2 Å². The third-order valence-electron chi connectivity index (χ3n) is 4.69. The van der Waals surface area contributed by atoms with Crippen molar-refractivity contribution >= 4 is 5.78 Å². The molecule has 0 N–H and O–H groups in total. The molecule has 2 aromatic carbocycles. The molecule has 0 atom stereocenters. The first-order valence-corrected chi connectivity index (χ1v) is 8.32. The Morgan fingerprint density at radius 1 is 0.962 bits per heavy atom. The number of aryl methyl sites for hydroxylation is 1. The van der Waals surface area contributed by atoms with E-state index < -0.39 is 0 Å². The second kappa shape index (κ2) is 5.56. The van der Waals surface area contributed by atoms with Crippen molar-refractivity contribution in [2.75, 3.05) is 13.9 Å². The predicted octanol–water partition coefficient (Wildman–Crippen LogP) is 3.74. The van der Waals surface area contributed by atoms with Crippen LogP contribution in [0.15, 0.2) is 54.9 Å². The van der Waals surface area contributed by atoms with Crippen molar-refractivity contribution in [2.24, 2.45) is 7.05 Å². The molecule has 0 saturated carbocycles. The van der Waals surface area contributed by atoms with Crippen LogP contribution in [-0.4, -0.2) is 27.9 Å². The Balaban J connectivity index is 1.55. The van der Waals surface area contributed by atoms with E-state index in [4.69, 9.17) is 19.2 Å². The van der Waals surface area contributed by atoms with E-state index in [0.717, 1.165) is 45.5 Å². The fraction of sp³-hybridized carbons (Fsp3) is 0.150. The van der Waals surface area contributed by atoms with E-state index >= 15 is 0 Å². The summed E-state index contributed by atoms with van der Waals surface area (Å²) in [6.07, 6.45) is 4.11. The lowest BCUT2D eigenvalue weighted by Crippen LogP contribution is -1.93. The smallest absolute Gasteiger partial charge is 0.231 e. The summed E-state index contributed by atoms with van der Waals surface area (Å²) < 4.78 is 20.2. The highest BCUT2D eigenvalue weighted by atomic mass is 16.7. The Hall–Kier alpha value is -3.41. The summed E-state index contributed by atoms with van der Waals surface area (Å²) in [5.41, 5.74) is 4.11. The van der Waals surface area contributed by atoms with Gasteiger partial charge in [0, 0.05) is 25.0 Å². The van der Waals surface area contributed by atoms with Crippen LogP contribution in [0.1, 0.15) is 0 Å². The van der Waals surface area contributed by atoms with Crippen molar-refractivity contribution in [3.63, 3.8) is 0 Å². The minimum atomic E-state index is 0.273. The number of methoxy groups -OCH3 is 1. The molecule has 0 spiro atoms. The number of hydrogen-bond donors (Lipinski definition) is 0. The van der Waals surface area contributed by atoms with Crippen molar-refractivity contribution in [1.82, 2.24) is 14.0 Å². The SMILES string of the molecule is COc1ccc(-c2cn3cc(-c4ccc5c(c4)OCO5)nc3n2C)cc1. The maximum Gasteiger partial charge on any atom is 0.231 e. The Kier molecular flexibility index (Phi) is 3.18. The van der Waals surface area contributed by atoms with Gasteiger partial charge in [-0.15, -0.1) is 0 Å². The van der Waals surface area contributed by atoms with E-state index in [0.29, 0.717) is 0 Å². The third-order valence-corrected chi connectivity index (χ3v) is 4.69. The second-order valence-corrected chi connectivity index (χ2v) is 6.20. The summed E-state index contributed by atoms with van der Waals surface area (Å²) in [6, 6.07) is 13.9. The van der Waals surface area contributed by atoms with Crippen LogP contribution in [0, 0.1) is 0 Å². The molecule has 6 heteroatoms. The first-order chi connectivity index (χ1) is 12.7. The molecule has 130 valence electrons. The van der Waals surface area contributed by atoms with Gasteiger partial charge in [-0.2, -0.15) is 0 Å². The van der Waals surface area contributed by atoms with E-state index in [1.54, 1.807) is 7.11 Å². The zero-order valence-electron chi connectivity index (χ0n) is 14.5. The highest BCUT2D eigenvalue weighted by Crippen LogP contribution is 2.36. The quantitative estimate of drug-likeness (QED) is 0.566. The van der Waals surface area contributed by atoms with Gasteiger partial charge in [0.2, 0.25) is 12.6 Å². The second-order valence-electron chi connectivity index (χ2n) is 6.20. The molecule has 0 unspecified atom stereocenters. The van der Waals surface area contributed by atoms with Crippen LogP contribution in [0.4, 0.5) is 0 Å². The van der Waals surface area contributed by atoms with E-state index in [-0.39, 0.29) is 6.79 Å². The van der Waals surface area contributed by atoms with Crippen LogP contribution >= 0.6 is 0 Å². The predicted molar refractivity (Wildman–Crippen MR) is 97.7 cm³/mol. The van der Waals surface area contributed by atoms with Crippen LogP contribution in [0.25, 0.3) is 28.3 Å². The summed E-state index contributed by atoms with van der Waals surface area (Å²) in [5, 5.41) is 0. The van der Waals surface area contributed by atoms with Crippen molar-refractivity contribution in [3.05, 3.63) is 54.9 Å². The molecule has 0 bridgehead atoms. The first kappa shape index (κ1) is 14.9. The highest BCUT2D eigenvalue weighted by molar-refractivity contribution is 5.69. The number of nitrogens with zero attached hydrogens (tertiary/aromatic N) is 3. The molecule has 2 aromatic heterocycles. The molecule has 0 saturated heterocycles. The summed E-state index contributed by atoms with van der Waals surface area (Å²) in [5.74, 6) is 3.26. The highest BCUT2D eigenvalue weighted by Gasteiger charge is 2.17. The molecule has 6 nitrogen and oxygen atoms in total. The normalized spacial score (nSPS) is 12.7. The molecule has 3 heterocycles. The average molecular weight is 347 g/mol. The van der Waals surface area contributed by atoms with E-state index in [2.05, 4.69) is 10.8 Å². The van der Waals surface area contributed by atoms with Crippen LogP contribution in [0.3, 0.4) is 0 Å². The van der Waals surface area contributed by atoms with E-state index in [1.165, 1.54) is 0 Å². The van der Waals surface area contributed by atoms with Crippen molar-refractivity contribution in [1.29, 1.82) is 0 Å². The number of aromatic nitrogens is 3.